The van der Waals surface area contributed by atoms with Crippen LogP contribution in [0, 0.1) is 0 Å². The first kappa shape index (κ1) is 12.8. The summed E-state index contributed by atoms with van der Waals surface area (Å²) in [6.07, 6.45) is 0. The van der Waals surface area contributed by atoms with Gasteiger partial charge in [-0.15, -0.1) is 0 Å². The molecule has 0 aliphatic heterocycles. The molecule has 0 spiro atoms. The van der Waals surface area contributed by atoms with Crippen molar-refractivity contribution < 1.29 is 19.1 Å². The van der Waals surface area contributed by atoms with Crippen LogP contribution >= 0.6 is 0 Å². The lowest BCUT2D eigenvalue weighted by Gasteiger charge is -2.14. The van der Waals surface area contributed by atoms with Crippen LogP contribution in [0.5, 0.6) is 5.75 Å². The predicted molar refractivity (Wildman–Crippen MR) is 61.6 cm³/mol. The molecule has 3 N–H and O–H groups in total. The fraction of sp³-hybridized carbons (Fsp3) is 0.273. The van der Waals surface area contributed by atoms with E-state index in [9.17, 15) is 9.59 Å². The number of methoxy groups -OCH3 is 2. The average Bonchev–Trinajstić information content (AvgIpc) is 2.35. The minimum Gasteiger partial charge on any atom is -0.497 e. The summed E-state index contributed by atoms with van der Waals surface area (Å²) in [7, 11) is 2.70. The molecule has 0 bridgehead atoms. The van der Waals surface area contributed by atoms with Gasteiger partial charge in [0, 0.05) is 11.8 Å². The Bertz CT molecular complexity index is 420. The number of ether oxygens (including phenoxy) is 2. The summed E-state index contributed by atoms with van der Waals surface area (Å²) in [6, 6.07) is 5.56. The molecule has 1 rings (SSSR count). The van der Waals surface area contributed by atoms with Crippen molar-refractivity contribution in [3.63, 3.8) is 0 Å². The zero-order valence-electron chi connectivity index (χ0n) is 9.60. The van der Waals surface area contributed by atoms with Crippen molar-refractivity contribution in [1.82, 2.24) is 0 Å². The van der Waals surface area contributed by atoms with Crippen LogP contribution in [0.3, 0.4) is 0 Å². The summed E-state index contributed by atoms with van der Waals surface area (Å²) in [4.78, 5) is 22.4. The van der Waals surface area contributed by atoms with Crippen molar-refractivity contribution in [1.29, 1.82) is 0 Å². The number of primary amides is 1. The number of esters is 1. The standard InChI is InChI=1S/C11H14N2O4/c1-16-8-5-3-4-7(6-8)13-9(10(12)14)11(15)17-2/h3-6,9,13H,1-2H3,(H2,12,14). The molecule has 6 nitrogen and oxygen atoms in total. The molecular formula is C11H14N2O4. The van der Waals surface area contributed by atoms with Gasteiger partial charge in [-0.3, -0.25) is 4.79 Å². The number of hydrogen-bond donors (Lipinski definition) is 2. The molecule has 1 aromatic carbocycles. The molecule has 17 heavy (non-hydrogen) atoms. The van der Waals surface area contributed by atoms with E-state index in [1.807, 2.05) is 0 Å². The van der Waals surface area contributed by atoms with Gasteiger partial charge in [0.05, 0.1) is 14.2 Å². The van der Waals surface area contributed by atoms with E-state index in [0.29, 0.717) is 11.4 Å². The molecule has 1 atom stereocenters. The van der Waals surface area contributed by atoms with Crippen LogP contribution in [0.1, 0.15) is 0 Å². The number of carbonyl (C=O) groups excluding carboxylic acids is 2. The third-order valence-electron chi connectivity index (χ3n) is 2.10. The van der Waals surface area contributed by atoms with Gasteiger partial charge in [0.1, 0.15) is 5.75 Å². The number of benzene rings is 1. The van der Waals surface area contributed by atoms with E-state index in [4.69, 9.17) is 10.5 Å². The van der Waals surface area contributed by atoms with Crippen molar-refractivity contribution in [2.45, 2.75) is 6.04 Å². The number of nitrogens with one attached hydrogen (secondary N) is 1. The molecule has 0 heterocycles. The van der Waals surface area contributed by atoms with E-state index in [1.165, 1.54) is 14.2 Å². The molecule has 1 aromatic rings. The highest BCUT2D eigenvalue weighted by atomic mass is 16.5. The van der Waals surface area contributed by atoms with Crippen LogP contribution in [0.25, 0.3) is 0 Å². The van der Waals surface area contributed by atoms with Crippen molar-refractivity contribution in [3.8, 4) is 5.75 Å². The van der Waals surface area contributed by atoms with Gasteiger partial charge in [-0.2, -0.15) is 0 Å². The van der Waals surface area contributed by atoms with Gasteiger partial charge in [-0.05, 0) is 12.1 Å². The van der Waals surface area contributed by atoms with Gasteiger partial charge >= 0.3 is 5.97 Å². The summed E-state index contributed by atoms with van der Waals surface area (Å²) < 4.78 is 9.48. The largest absolute Gasteiger partial charge is 0.497 e. The average molecular weight is 238 g/mol. The molecule has 1 unspecified atom stereocenters. The van der Waals surface area contributed by atoms with Crippen molar-refractivity contribution in [2.24, 2.45) is 5.73 Å². The quantitative estimate of drug-likeness (QED) is 0.562. The van der Waals surface area contributed by atoms with Gasteiger partial charge in [-0.25, -0.2) is 4.79 Å². The van der Waals surface area contributed by atoms with E-state index in [-0.39, 0.29) is 0 Å². The van der Waals surface area contributed by atoms with Gasteiger partial charge in [0.2, 0.25) is 6.04 Å². The van der Waals surface area contributed by atoms with E-state index in [2.05, 4.69) is 10.1 Å². The van der Waals surface area contributed by atoms with Crippen LogP contribution in [0.4, 0.5) is 5.69 Å². The predicted octanol–water partition coefficient (Wildman–Crippen LogP) is 0.134. The maximum absolute atomic E-state index is 11.3. The Kier molecular flexibility index (Phi) is 4.33. The minimum absolute atomic E-state index is 0.540. The Morgan fingerprint density at radius 2 is 2.06 bits per heavy atom. The second kappa shape index (κ2) is 5.74. The minimum atomic E-state index is -1.22. The van der Waals surface area contributed by atoms with Gasteiger partial charge < -0.3 is 20.5 Å². The Hall–Kier alpha value is -2.24. The molecule has 0 saturated heterocycles. The van der Waals surface area contributed by atoms with Crippen LogP contribution in [-0.4, -0.2) is 32.1 Å². The molecule has 6 heteroatoms. The van der Waals surface area contributed by atoms with Crippen molar-refractivity contribution in [2.75, 3.05) is 19.5 Å². The summed E-state index contributed by atoms with van der Waals surface area (Å²) in [5, 5.41) is 2.67. The molecule has 0 aromatic heterocycles. The van der Waals surface area contributed by atoms with E-state index in [1.54, 1.807) is 24.3 Å². The fourth-order valence-electron chi connectivity index (χ4n) is 1.24. The number of anilines is 1. The van der Waals surface area contributed by atoms with Gasteiger partial charge in [-0.1, -0.05) is 6.07 Å². The van der Waals surface area contributed by atoms with E-state index in [0.717, 1.165) is 0 Å². The second-order valence-electron chi connectivity index (χ2n) is 3.23. The molecule has 92 valence electrons. The molecule has 1 amide bonds. The lowest BCUT2D eigenvalue weighted by Crippen LogP contribution is -2.42. The third-order valence-corrected chi connectivity index (χ3v) is 2.10. The number of hydrogen-bond acceptors (Lipinski definition) is 5. The zero-order chi connectivity index (χ0) is 12.8. The highest BCUT2D eigenvalue weighted by molar-refractivity contribution is 6.03. The first-order valence-corrected chi connectivity index (χ1v) is 4.86. The number of nitrogens with two attached hydrogens (primary N) is 1. The second-order valence-corrected chi connectivity index (χ2v) is 3.23. The zero-order valence-corrected chi connectivity index (χ0v) is 9.60. The first-order chi connectivity index (χ1) is 8.08. The molecule has 0 fully saturated rings. The number of carbonyl (C=O) groups is 2. The summed E-state index contributed by atoms with van der Waals surface area (Å²) in [5.74, 6) is -0.942. The molecular weight excluding hydrogens is 224 g/mol. The molecule has 0 aliphatic rings. The number of amides is 1. The fourth-order valence-corrected chi connectivity index (χ4v) is 1.24. The first-order valence-electron chi connectivity index (χ1n) is 4.86. The van der Waals surface area contributed by atoms with E-state index < -0.39 is 17.9 Å². The monoisotopic (exact) mass is 238 g/mol. The SMILES string of the molecule is COC(=O)C(Nc1cccc(OC)c1)C(N)=O. The number of rotatable bonds is 5. The van der Waals surface area contributed by atoms with Crippen LogP contribution in [-0.2, 0) is 14.3 Å². The maximum atomic E-state index is 11.3. The highest BCUT2D eigenvalue weighted by Gasteiger charge is 2.24. The van der Waals surface area contributed by atoms with Crippen molar-refractivity contribution >= 4 is 17.6 Å². The summed E-state index contributed by atoms with van der Waals surface area (Å²) in [5.41, 5.74) is 5.64. The Morgan fingerprint density at radius 1 is 1.35 bits per heavy atom. The Morgan fingerprint density at radius 3 is 2.59 bits per heavy atom. The molecule has 0 aliphatic carbocycles. The third kappa shape index (κ3) is 3.37. The summed E-state index contributed by atoms with van der Waals surface area (Å²) in [6.45, 7) is 0. The Balaban J connectivity index is 2.85. The lowest BCUT2D eigenvalue weighted by atomic mass is 10.2. The van der Waals surface area contributed by atoms with Crippen LogP contribution < -0.4 is 15.8 Å². The van der Waals surface area contributed by atoms with E-state index >= 15 is 0 Å². The van der Waals surface area contributed by atoms with Gasteiger partial charge in [0.15, 0.2) is 0 Å². The lowest BCUT2D eigenvalue weighted by molar-refractivity contribution is -0.144. The van der Waals surface area contributed by atoms with Crippen molar-refractivity contribution in [3.05, 3.63) is 24.3 Å². The molecule has 0 radical (unpaired) electrons. The maximum Gasteiger partial charge on any atom is 0.338 e. The summed E-state index contributed by atoms with van der Waals surface area (Å²) >= 11 is 0. The molecule has 0 saturated carbocycles. The highest BCUT2D eigenvalue weighted by Crippen LogP contribution is 2.17. The van der Waals surface area contributed by atoms with Crippen LogP contribution in [0.15, 0.2) is 24.3 Å². The normalized spacial score (nSPS) is 11.4. The Labute approximate surface area is 98.7 Å². The topological polar surface area (TPSA) is 90.7 Å². The van der Waals surface area contributed by atoms with Crippen LogP contribution in [0.2, 0.25) is 0 Å². The van der Waals surface area contributed by atoms with Gasteiger partial charge in [0.25, 0.3) is 5.91 Å². The smallest absolute Gasteiger partial charge is 0.338 e.